The summed E-state index contributed by atoms with van der Waals surface area (Å²) in [6.45, 7) is 1.41. The second-order valence-corrected chi connectivity index (χ2v) is 6.55. The van der Waals surface area contributed by atoms with Crippen LogP contribution in [0.5, 0.6) is 0 Å². The van der Waals surface area contributed by atoms with Crippen LogP contribution in [0.4, 0.5) is 24.5 Å². The highest BCUT2D eigenvalue weighted by Gasteiger charge is 2.29. The van der Waals surface area contributed by atoms with Gasteiger partial charge in [0.05, 0.1) is 12.1 Å². The summed E-state index contributed by atoms with van der Waals surface area (Å²) in [6, 6.07) is 11.9. The van der Waals surface area contributed by atoms with E-state index in [-0.39, 0.29) is 5.84 Å². The van der Waals surface area contributed by atoms with Crippen molar-refractivity contribution in [1.82, 2.24) is 10.0 Å². The molecule has 6 nitrogen and oxygen atoms in total. The van der Waals surface area contributed by atoms with Crippen molar-refractivity contribution in [3.63, 3.8) is 0 Å². The van der Waals surface area contributed by atoms with Gasteiger partial charge >= 0.3 is 6.18 Å². The Morgan fingerprint density at radius 2 is 1.68 bits per heavy atom. The largest absolute Gasteiger partial charge is 0.416 e. The quantitative estimate of drug-likeness (QED) is 0.277. The highest BCUT2D eigenvalue weighted by Crippen LogP contribution is 2.30. The number of hydrazine groups is 1. The number of hydrogen-bond acceptors (Lipinski definition) is 5. The van der Waals surface area contributed by atoms with Crippen molar-refractivity contribution in [2.75, 3.05) is 32.5 Å². The third-order valence-electron chi connectivity index (χ3n) is 3.92. The monoisotopic (exact) mass is 394 g/mol. The van der Waals surface area contributed by atoms with Gasteiger partial charge in [0.1, 0.15) is 0 Å². The molecule has 2 rings (SSSR count). The summed E-state index contributed by atoms with van der Waals surface area (Å²) >= 11 is 0. The molecule has 5 N–H and O–H groups in total. The molecule has 0 atom stereocenters. The third-order valence-corrected chi connectivity index (χ3v) is 3.92. The Labute approximate surface area is 162 Å². The van der Waals surface area contributed by atoms with E-state index in [2.05, 4.69) is 10.4 Å². The van der Waals surface area contributed by atoms with Crippen LogP contribution < -0.4 is 16.9 Å². The molecular formula is C19H25F3N6. The van der Waals surface area contributed by atoms with Crippen molar-refractivity contribution in [1.29, 1.82) is 0 Å². The molecular weight excluding hydrogens is 369 g/mol. The maximum absolute atomic E-state index is 12.7. The van der Waals surface area contributed by atoms with Crippen molar-refractivity contribution < 1.29 is 13.2 Å². The predicted octanol–water partition coefficient (Wildman–Crippen LogP) is 3.20. The summed E-state index contributed by atoms with van der Waals surface area (Å²) in [6.07, 6.45) is -3.55. The lowest BCUT2D eigenvalue weighted by atomic mass is 10.1. The average molecular weight is 394 g/mol. The Hall–Kier alpha value is -2.78. The van der Waals surface area contributed by atoms with Gasteiger partial charge < -0.3 is 16.0 Å². The van der Waals surface area contributed by atoms with E-state index in [0.717, 1.165) is 25.1 Å². The zero-order valence-corrected chi connectivity index (χ0v) is 15.9. The molecule has 0 fully saturated rings. The van der Waals surface area contributed by atoms with E-state index in [1.165, 1.54) is 17.3 Å². The topological polar surface area (TPSA) is 82.9 Å². The van der Waals surface area contributed by atoms with Gasteiger partial charge in [0.25, 0.3) is 0 Å². The number of rotatable bonds is 8. The summed E-state index contributed by atoms with van der Waals surface area (Å²) in [7, 11) is 3.95. The summed E-state index contributed by atoms with van der Waals surface area (Å²) in [4.78, 5) is 2.05. The fraction of sp³-hybridized carbons (Fsp3) is 0.316. The second-order valence-electron chi connectivity index (χ2n) is 6.55. The van der Waals surface area contributed by atoms with Gasteiger partial charge in [-0.05, 0) is 63.5 Å². The predicted molar refractivity (Wildman–Crippen MR) is 106 cm³/mol. The van der Waals surface area contributed by atoms with E-state index < -0.39 is 11.7 Å². The van der Waals surface area contributed by atoms with E-state index in [4.69, 9.17) is 11.6 Å². The summed E-state index contributed by atoms with van der Waals surface area (Å²) in [5, 5.41) is 8.55. The maximum atomic E-state index is 12.7. The van der Waals surface area contributed by atoms with Crippen molar-refractivity contribution in [2.24, 2.45) is 16.7 Å². The second kappa shape index (κ2) is 9.43. The number of nitrogens with one attached hydrogen (secondary N) is 1. The maximum Gasteiger partial charge on any atom is 0.416 e. The first-order valence-corrected chi connectivity index (χ1v) is 8.71. The van der Waals surface area contributed by atoms with E-state index in [0.29, 0.717) is 23.5 Å². The molecule has 2 aromatic carbocycles. The Kier molecular flexibility index (Phi) is 7.24. The highest BCUT2D eigenvalue weighted by molar-refractivity contribution is 6.02. The Bertz CT molecular complexity index is 787. The van der Waals surface area contributed by atoms with Gasteiger partial charge in [0.2, 0.25) is 0 Å². The van der Waals surface area contributed by atoms with Crippen LogP contribution in [0.25, 0.3) is 0 Å². The molecule has 0 radical (unpaired) electrons. The molecule has 28 heavy (non-hydrogen) atoms. The van der Waals surface area contributed by atoms with Crippen molar-refractivity contribution >= 4 is 17.2 Å². The molecule has 0 saturated heterocycles. The molecule has 0 aromatic heterocycles. The molecule has 2 aromatic rings. The molecule has 0 spiro atoms. The molecule has 0 unspecified atom stereocenters. The minimum absolute atomic E-state index is 0.211. The molecule has 0 aliphatic rings. The number of amidine groups is 1. The van der Waals surface area contributed by atoms with Gasteiger partial charge in [-0.1, -0.05) is 12.1 Å². The number of nitrogens with zero attached hydrogens (tertiary/aromatic N) is 3. The van der Waals surface area contributed by atoms with Gasteiger partial charge in [-0.25, -0.2) is 11.0 Å². The van der Waals surface area contributed by atoms with Crippen LogP contribution in [0.1, 0.15) is 17.5 Å². The number of anilines is 2. The normalized spacial score (nSPS) is 12.3. The number of alkyl halides is 3. The van der Waals surface area contributed by atoms with Crippen molar-refractivity contribution in [3.05, 3.63) is 59.7 Å². The fourth-order valence-corrected chi connectivity index (χ4v) is 2.50. The van der Waals surface area contributed by atoms with Crippen LogP contribution in [-0.2, 0) is 6.18 Å². The van der Waals surface area contributed by atoms with Crippen LogP contribution in [-0.4, -0.2) is 43.0 Å². The zero-order valence-electron chi connectivity index (χ0n) is 15.9. The number of para-hydroxylation sites is 1. The smallest absolute Gasteiger partial charge is 0.382 e. The molecule has 0 bridgehead atoms. The van der Waals surface area contributed by atoms with Crippen molar-refractivity contribution in [2.45, 2.75) is 12.6 Å². The molecule has 0 aliphatic heterocycles. The highest BCUT2D eigenvalue weighted by atomic mass is 19.4. The van der Waals surface area contributed by atoms with E-state index in [1.54, 1.807) is 24.3 Å². The van der Waals surface area contributed by atoms with Gasteiger partial charge in [0, 0.05) is 16.9 Å². The van der Waals surface area contributed by atoms with Gasteiger partial charge in [-0.2, -0.15) is 13.2 Å². The number of benzene rings is 2. The minimum Gasteiger partial charge on any atom is -0.382 e. The van der Waals surface area contributed by atoms with Crippen LogP contribution in [0.2, 0.25) is 0 Å². The number of halogens is 3. The fourth-order valence-electron chi connectivity index (χ4n) is 2.50. The van der Waals surface area contributed by atoms with Gasteiger partial charge in [-0.3, -0.25) is 0 Å². The summed E-state index contributed by atoms with van der Waals surface area (Å²) < 4.78 is 38.1. The Morgan fingerprint density at radius 3 is 2.29 bits per heavy atom. The number of hydrogen-bond donors (Lipinski definition) is 3. The first kappa shape index (κ1) is 21.5. The number of hydrazone groups is 1. The van der Waals surface area contributed by atoms with E-state index in [1.807, 2.05) is 19.0 Å². The Morgan fingerprint density at radius 1 is 1.04 bits per heavy atom. The minimum atomic E-state index is -4.37. The lowest BCUT2D eigenvalue weighted by Gasteiger charge is -2.17. The van der Waals surface area contributed by atoms with E-state index >= 15 is 0 Å². The molecule has 0 amide bonds. The first-order chi connectivity index (χ1) is 13.2. The van der Waals surface area contributed by atoms with Gasteiger partial charge in [-0.15, -0.1) is 5.10 Å². The van der Waals surface area contributed by atoms with Crippen molar-refractivity contribution in [3.8, 4) is 0 Å². The van der Waals surface area contributed by atoms with Crippen LogP contribution in [0.3, 0.4) is 0 Å². The summed E-state index contributed by atoms with van der Waals surface area (Å²) in [5.74, 6) is 6.09. The molecule has 0 heterocycles. The van der Waals surface area contributed by atoms with Gasteiger partial charge in [0.15, 0.2) is 5.84 Å². The van der Waals surface area contributed by atoms with Crippen LogP contribution >= 0.6 is 0 Å². The Balaban J connectivity index is 2.12. The standard InChI is InChI=1S/C19H25F3N6/c1-27(2)12-5-13-28(24)26-18(23)16-6-3-4-7-17(16)25-15-10-8-14(9-11-15)19(20,21)22/h3-4,6-11,25H,5,12-13,24H2,1-2H3,(H2,23,26). The average Bonchev–Trinajstić information content (AvgIpc) is 2.61. The number of nitrogens with two attached hydrogens (primary N) is 2. The lowest BCUT2D eigenvalue weighted by molar-refractivity contribution is -0.137. The van der Waals surface area contributed by atoms with E-state index in [9.17, 15) is 13.2 Å². The van der Waals surface area contributed by atoms with Crippen LogP contribution in [0.15, 0.2) is 53.6 Å². The first-order valence-electron chi connectivity index (χ1n) is 8.71. The third kappa shape index (κ3) is 6.43. The molecule has 9 heteroatoms. The molecule has 152 valence electrons. The zero-order chi connectivity index (χ0) is 20.7. The lowest BCUT2D eigenvalue weighted by Crippen LogP contribution is -2.32. The van der Waals surface area contributed by atoms with Crippen LogP contribution in [0, 0.1) is 0 Å². The molecule has 0 saturated carbocycles. The summed E-state index contributed by atoms with van der Waals surface area (Å²) in [5.41, 5.74) is 7.11. The molecule has 0 aliphatic carbocycles. The SMILES string of the molecule is CN(C)CCCN(N)/N=C(\N)c1ccccc1Nc1ccc(C(F)(F)F)cc1.